The maximum atomic E-state index is 12.1. The van der Waals surface area contributed by atoms with Crippen molar-refractivity contribution in [3.63, 3.8) is 0 Å². The van der Waals surface area contributed by atoms with E-state index in [9.17, 15) is 14.7 Å². The average molecular weight is 272 g/mol. The number of aliphatic carboxylic acids is 1. The van der Waals surface area contributed by atoms with E-state index in [1.165, 1.54) is 6.92 Å². The van der Waals surface area contributed by atoms with Crippen LogP contribution in [0, 0.1) is 0 Å². The van der Waals surface area contributed by atoms with Gasteiger partial charge in [0, 0.05) is 19.1 Å². The lowest BCUT2D eigenvalue weighted by Crippen LogP contribution is -2.49. The Morgan fingerprint density at radius 2 is 2.05 bits per heavy atom. The zero-order valence-electron chi connectivity index (χ0n) is 11.7. The van der Waals surface area contributed by atoms with Crippen molar-refractivity contribution < 1.29 is 19.8 Å². The first-order valence-corrected chi connectivity index (χ1v) is 6.80. The van der Waals surface area contributed by atoms with Crippen molar-refractivity contribution in [2.24, 2.45) is 0 Å². The molecule has 6 heteroatoms. The molecule has 2 amide bonds. The van der Waals surface area contributed by atoms with Crippen LogP contribution in [-0.4, -0.2) is 51.8 Å². The number of hydrogen-bond acceptors (Lipinski definition) is 3. The molecule has 0 bridgehead atoms. The topological polar surface area (TPSA) is 89.9 Å². The van der Waals surface area contributed by atoms with Gasteiger partial charge in [-0.2, -0.15) is 0 Å². The highest BCUT2D eigenvalue weighted by Crippen LogP contribution is 2.16. The summed E-state index contributed by atoms with van der Waals surface area (Å²) in [6, 6.07) is -0.0352. The van der Waals surface area contributed by atoms with Crippen LogP contribution in [0.2, 0.25) is 0 Å². The number of nitrogens with zero attached hydrogens (tertiary/aromatic N) is 1. The lowest BCUT2D eigenvalue weighted by atomic mass is 10.0. The lowest BCUT2D eigenvalue weighted by Gasteiger charge is -2.29. The van der Waals surface area contributed by atoms with Gasteiger partial charge in [0.2, 0.25) is 0 Å². The highest BCUT2D eigenvalue weighted by molar-refractivity contribution is 5.75. The first-order valence-electron chi connectivity index (χ1n) is 6.80. The standard InChI is InChI=1S/C13H24N2O4/c1-10-6-4-3-5-7-15(10)12(18)14-9-13(2,19)8-11(16)17/h10,19H,3-9H2,1-2H3,(H,14,18)(H,16,17). The summed E-state index contributed by atoms with van der Waals surface area (Å²) in [6.45, 7) is 4.09. The summed E-state index contributed by atoms with van der Waals surface area (Å²) in [5, 5.41) is 21.1. The third-order valence-electron chi connectivity index (χ3n) is 3.47. The number of likely N-dealkylation sites (tertiary alicyclic amines) is 1. The van der Waals surface area contributed by atoms with Gasteiger partial charge in [-0.1, -0.05) is 12.8 Å². The quantitative estimate of drug-likeness (QED) is 0.717. The van der Waals surface area contributed by atoms with Crippen LogP contribution in [0.4, 0.5) is 4.79 Å². The second kappa shape index (κ2) is 6.75. The zero-order valence-corrected chi connectivity index (χ0v) is 11.7. The number of carbonyl (C=O) groups is 2. The number of urea groups is 1. The Hall–Kier alpha value is -1.30. The van der Waals surface area contributed by atoms with Crippen LogP contribution in [0.15, 0.2) is 0 Å². The first kappa shape index (κ1) is 15.8. The second-order valence-electron chi connectivity index (χ2n) is 5.62. The van der Waals surface area contributed by atoms with Gasteiger partial charge in [0.05, 0.1) is 12.0 Å². The molecular weight excluding hydrogens is 248 g/mol. The second-order valence-corrected chi connectivity index (χ2v) is 5.62. The number of rotatable bonds is 4. The first-order chi connectivity index (χ1) is 8.82. The molecule has 0 aliphatic carbocycles. The molecule has 0 spiro atoms. The minimum absolute atomic E-state index is 0.0542. The van der Waals surface area contributed by atoms with Crippen LogP contribution < -0.4 is 5.32 Å². The Labute approximate surface area is 113 Å². The Kier molecular flexibility index (Phi) is 5.60. The minimum Gasteiger partial charge on any atom is -0.481 e. The van der Waals surface area contributed by atoms with Crippen LogP contribution in [0.3, 0.4) is 0 Å². The minimum atomic E-state index is -1.42. The normalized spacial score (nSPS) is 23.3. The van der Waals surface area contributed by atoms with Gasteiger partial charge in [-0.3, -0.25) is 4.79 Å². The molecular formula is C13H24N2O4. The number of aliphatic hydroxyl groups is 1. The predicted octanol–water partition coefficient (Wildman–Crippen LogP) is 1.19. The molecule has 110 valence electrons. The van der Waals surface area contributed by atoms with Crippen molar-refractivity contribution >= 4 is 12.0 Å². The van der Waals surface area contributed by atoms with Gasteiger partial charge in [-0.05, 0) is 26.7 Å². The fourth-order valence-electron chi connectivity index (χ4n) is 2.33. The fraction of sp³-hybridized carbons (Fsp3) is 0.846. The molecule has 1 aliphatic rings. The molecule has 3 N–H and O–H groups in total. The van der Waals surface area contributed by atoms with Crippen molar-refractivity contribution in [3.8, 4) is 0 Å². The molecule has 2 unspecified atom stereocenters. The predicted molar refractivity (Wildman–Crippen MR) is 70.9 cm³/mol. The molecule has 1 heterocycles. The molecule has 6 nitrogen and oxygen atoms in total. The van der Waals surface area contributed by atoms with E-state index in [0.717, 1.165) is 25.7 Å². The van der Waals surface area contributed by atoms with Crippen molar-refractivity contribution in [1.29, 1.82) is 0 Å². The number of amides is 2. The van der Waals surface area contributed by atoms with Crippen LogP contribution in [0.1, 0.15) is 46.0 Å². The van der Waals surface area contributed by atoms with E-state index in [2.05, 4.69) is 5.32 Å². The number of carbonyl (C=O) groups excluding carboxylic acids is 1. The van der Waals surface area contributed by atoms with E-state index in [-0.39, 0.29) is 25.0 Å². The molecule has 0 aromatic carbocycles. The van der Waals surface area contributed by atoms with Gasteiger partial charge in [-0.25, -0.2) is 4.79 Å². The van der Waals surface area contributed by atoms with E-state index in [1.54, 1.807) is 4.90 Å². The Balaban J connectivity index is 2.47. The number of nitrogens with one attached hydrogen (secondary N) is 1. The van der Waals surface area contributed by atoms with Crippen LogP contribution in [-0.2, 0) is 4.79 Å². The van der Waals surface area contributed by atoms with Gasteiger partial charge >= 0.3 is 12.0 Å². The maximum absolute atomic E-state index is 12.1. The molecule has 19 heavy (non-hydrogen) atoms. The largest absolute Gasteiger partial charge is 0.481 e. The Morgan fingerprint density at radius 1 is 1.37 bits per heavy atom. The Morgan fingerprint density at radius 3 is 2.68 bits per heavy atom. The number of hydrogen-bond donors (Lipinski definition) is 3. The molecule has 1 aliphatic heterocycles. The van der Waals surface area contributed by atoms with Crippen molar-refractivity contribution in [2.75, 3.05) is 13.1 Å². The molecule has 0 radical (unpaired) electrons. The molecule has 0 aromatic heterocycles. The smallest absolute Gasteiger partial charge is 0.317 e. The Bertz CT molecular complexity index is 331. The summed E-state index contributed by atoms with van der Waals surface area (Å²) in [5.74, 6) is -1.08. The number of carboxylic acids is 1. The highest BCUT2D eigenvalue weighted by atomic mass is 16.4. The molecule has 1 fully saturated rings. The third kappa shape index (κ3) is 5.46. The number of carboxylic acid groups (broad SMARTS) is 1. The molecule has 1 rings (SSSR count). The van der Waals surface area contributed by atoms with Crippen LogP contribution in [0.25, 0.3) is 0 Å². The maximum Gasteiger partial charge on any atom is 0.317 e. The van der Waals surface area contributed by atoms with E-state index in [1.807, 2.05) is 6.92 Å². The van der Waals surface area contributed by atoms with Gasteiger partial charge in [-0.15, -0.1) is 0 Å². The summed E-state index contributed by atoms with van der Waals surface area (Å²) in [5.41, 5.74) is -1.42. The summed E-state index contributed by atoms with van der Waals surface area (Å²) in [4.78, 5) is 24.4. The highest BCUT2D eigenvalue weighted by Gasteiger charge is 2.27. The SMILES string of the molecule is CC1CCCCCN1C(=O)NCC(C)(O)CC(=O)O. The van der Waals surface area contributed by atoms with E-state index >= 15 is 0 Å². The average Bonchev–Trinajstić information content (AvgIpc) is 2.49. The summed E-state index contributed by atoms with van der Waals surface area (Å²) < 4.78 is 0. The molecule has 2 atom stereocenters. The summed E-state index contributed by atoms with van der Waals surface area (Å²) >= 11 is 0. The van der Waals surface area contributed by atoms with E-state index < -0.39 is 11.6 Å². The van der Waals surface area contributed by atoms with Gasteiger partial charge in [0.25, 0.3) is 0 Å². The van der Waals surface area contributed by atoms with Crippen molar-refractivity contribution in [2.45, 2.75) is 57.6 Å². The van der Waals surface area contributed by atoms with E-state index in [4.69, 9.17) is 5.11 Å². The third-order valence-corrected chi connectivity index (χ3v) is 3.47. The molecule has 0 saturated carbocycles. The molecule has 0 aromatic rings. The van der Waals surface area contributed by atoms with E-state index in [0.29, 0.717) is 6.54 Å². The summed E-state index contributed by atoms with van der Waals surface area (Å²) in [6.07, 6.45) is 3.84. The zero-order chi connectivity index (χ0) is 14.5. The van der Waals surface area contributed by atoms with Gasteiger partial charge < -0.3 is 20.4 Å². The van der Waals surface area contributed by atoms with Crippen LogP contribution >= 0.6 is 0 Å². The monoisotopic (exact) mass is 272 g/mol. The van der Waals surface area contributed by atoms with Gasteiger partial charge in [0.15, 0.2) is 0 Å². The van der Waals surface area contributed by atoms with Gasteiger partial charge in [0.1, 0.15) is 0 Å². The molecule has 1 saturated heterocycles. The summed E-state index contributed by atoms with van der Waals surface area (Å²) in [7, 11) is 0. The van der Waals surface area contributed by atoms with Crippen LogP contribution in [0.5, 0.6) is 0 Å². The van der Waals surface area contributed by atoms with Crippen molar-refractivity contribution in [1.82, 2.24) is 10.2 Å². The van der Waals surface area contributed by atoms with Crippen molar-refractivity contribution in [3.05, 3.63) is 0 Å². The fourth-order valence-corrected chi connectivity index (χ4v) is 2.33. The lowest BCUT2D eigenvalue weighted by molar-refractivity contribution is -0.141.